The molecule has 0 spiro atoms. The van der Waals surface area contributed by atoms with E-state index < -0.39 is 16.6 Å². The molecule has 1 unspecified atom stereocenters. The van der Waals surface area contributed by atoms with E-state index in [0.717, 1.165) is 5.56 Å². The number of hydrogen-bond donors (Lipinski definition) is 1. The second-order valence-corrected chi connectivity index (χ2v) is 7.79. The predicted octanol–water partition coefficient (Wildman–Crippen LogP) is 4.30. The first kappa shape index (κ1) is 21.0. The second-order valence-electron chi connectivity index (χ2n) is 6.06. The minimum Gasteiger partial charge on any atom is -0.497 e. The highest BCUT2D eigenvalue weighted by molar-refractivity contribution is 7.84. The highest BCUT2D eigenvalue weighted by atomic mass is 35.5. The lowest BCUT2D eigenvalue weighted by atomic mass is 10.1. The first-order valence-corrected chi connectivity index (χ1v) is 10.5. The Morgan fingerprint density at radius 3 is 2.59 bits per heavy atom. The first-order chi connectivity index (χ1) is 13.9. The highest BCUT2D eigenvalue weighted by Crippen LogP contribution is 2.29. The fourth-order valence-electron chi connectivity index (χ4n) is 2.73. The largest absolute Gasteiger partial charge is 0.497 e. The summed E-state index contributed by atoms with van der Waals surface area (Å²) in [6.45, 7) is 0.362. The smallest absolute Gasteiger partial charge is 0.172 e. The molecule has 0 aliphatic carbocycles. The van der Waals surface area contributed by atoms with Crippen LogP contribution < -0.4 is 14.8 Å². The van der Waals surface area contributed by atoms with Crippen LogP contribution in [0.3, 0.4) is 0 Å². The molecule has 2 aromatic carbocycles. The Bertz CT molecular complexity index is 1070. The zero-order valence-corrected chi connectivity index (χ0v) is 17.6. The number of hydrogen-bond acceptors (Lipinski definition) is 6. The quantitative estimate of drug-likeness (QED) is 0.596. The first-order valence-electron chi connectivity index (χ1n) is 8.54. The van der Waals surface area contributed by atoms with E-state index in [1.165, 1.54) is 24.5 Å². The zero-order valence-electron chi connectivity index (χ0n) is 16.0. The molecular formula is C20H19ClFN3O3S. The number of methoxy groups -OCH3 is 2. The molecule has 0 aliphatic heterocycles. The molecule has 0 amide bonds. The van der Waals surface area contributed by atoms with Gasteiger partial charge in [-0.15, -0.1) is 10.2 Å². The van der Waals surface area contributed by atoms with Gasteiger partial charge in [-0.1, -0.05) is 11.6 Å². The third kappa shape index (κ3) is 4.83. The van der Waals surface area contributed by atoms with Crippen molar-refractivity contribution in [3.05, 3.63) is 58.9 Å². The van der Waals surface area contributed by atoms with Crippen molar-refractivity contribution in [3.63, 3.8) is 0 Å². The van der Waals surface area contributed by atoms with Crippen LogP contribution in [0.5, 0.6) is 11.5 Å². The topological polar surface area (TPSA) is 73.3 Å². The molecule has 1 N–H and O–H groups in total. The van der Waals surface area contributed by atoms with Crippen molar-refractivity contribution >= 4 is 28.1 Å². The van der Waals surface area contributed by atoms with E-state index in [0.29, 0.717) is 28.8 Å². The van der Waals surface area contributed by atoms with E-state index in [4.69, 9.17) is 21.1 Å². The lowest BCUT2D eigenvalue weighted by Crippen LogP contribution is -2.08. The lowest BCUT2D eigenvalue weighted by molar-refractivity contribution is 0.391. The maximum Gasteiger partial charge on any atom is 0.172 e. The summed E-state index contributed by atoms with van der Waals surface area (Å²) >= 11 is 5.98. The third-order valence-electron chi connectivity index (χ3n) is 4.20. The van der Waals surface area contributed by atoms with Gasteiger partial charge in [0, 0.05) is 35.0 Å². The van der Waals surface area contributed by atoms with E-state index in [1.807, 2.05) is 12.1 Å². The van der Waals surface area contributed by atoms with Crippen LogP contribution >= 0.6 is 11.6 Å². The molecule has 3 rings (SSSR count). The van der Waals surface area contributed by atoms with Crippen molar-refractivity contribution in [2.45, 2.75) is 11.6 Å². The monoisotopic (exact) mass is 435 g/mol. The van der Waals surface area contributed by atoms with Crippen molar-refractivity contribution in [3.8, 4) is 22.8 Å². The van der Waals surface area contributed by atoms with E-state index in [2.05, 4.69) is 15.5 Å². The second kappa shape index (κ2) is 9.19. The average molecular weight is 436 g/mol. The normalized spacial score (nSPS) is 11.8. The molecule has 9 heteroatoms. The predicted molar refractivity (Wildman–Crippen MR) is 112 cm³/mol. The molecule has 0 saturated heterocycles. The van der Waals surface area contributed by atoms with Crippen molar-refractivity contribution in [2.24, 2.45) is 0 Å². The van der Waals surface area contributed by atoms with Gasteiger partial charge in [-0.05, 0) is 36.4 Å². The van der Waals surface area contributed by atoms with Crippen molar-refractivity contribution in [1.82, 2.24) is 10.2 Å². The van der Waals surface area contributed by atoms with Gasteiger partial charge in [0.2, 0.25) is 0 Å². The number of anilines is 1. The molecule has 29 heavy (non-hydrogen) atoms. The Labute approximate surface area is 175 Å². The van der Waals surface area contributed by atoms with Crippen LogP contribution in [-0.4, -0.2) is 34.9 Å². The van der Waals surface area contributed by atoms with Crippen LogP contribution in [-0.2, 0) is 17.3 Å². The molecule has 0 radical (unpaired) electrons. The van der Waals surface area contributed by atoms with Gasteiger partial charge in [-0.2, -0.15) is 0 Å². The van der Waals surface area contributed by atoms with Gasteiger partial charge in [0.05, 0.1) is 36.4 Å². The van der Waals surface area contributed by atoms with Gasteiger partial charge in [-0.25, -0.2) is 4.39 Å². The average Bonchev–Trinajstić information content (AvgIpc) is 2.73. The molecule has 0 saturated carbocycles. The summed E-state index contributed by atoms with van der Waals surface area (Å²) < 4.78 is 36.9. The van der Waals surface area contributed by atoms with Gasteiger partial charge >= 0.3 is 0 Å². The summed E-state index contributed by atoms with van der Waals surface area (Å²) in [5.74, 6) is 0.834. The zero-order chi connectivity index (χ0) is 21.0. The number of aromatic nitrogens is 2. The number of halogens is 2. The van der Waals surface area contributed by atoms with E-state index >= 15 is 0 Å². The summed E-state index contributed by atoms with van der Waals surface area (Å²) in [5.41, 5.74) is 1.83. The Morgan fingerprint density at radius 1 is 1.10 bits per heavy atom. The minimum atomic E-state index is -1.39. The van der Waals surface area contributed by atoms with Crippen molar-refractivity contribution in [2.75, 3.05) is 25.8 Å². The molecule has 0 fully saturated rings. The maximum absolute atomic E-state index is 14.2. The Hall–Kier alpha value is -2.71. The highest BCUT2D eigenvalue weighted by Gasteiger charge is 2.15. The molecule has 6 nitrogen and oxygen atoms in total. The molecule has 1 aromatic heterocycles. The van der Waals surface area contributed by atoms with E-state index in [9.17, 15) is 8.60 Å². The summed E-state index contributed by atoms with van der Waals surface area (Å²) in [4.78, 5) is 0. The van der Waals surface area contributed by atoms with Crippen LogP contribution in [0.25, 0.3) is 11.3 Å². The standard InChI is InChI=1S/C20H19ClFN3O3S/c1-27-14-6-4-12(19(9-14)28-2)11-23-18-10-17(24-25-20(18)29(3)26)15-8-13(21)5-7-16(15)22/h4-10H,11H2,1-3H3,(H,23,24). The van der Waals surface area contributed by atoms with E-state index in [1.54, 1.807) is 26.4 Å². The number of benzene rings is 2. The molecule has 1 atom stereocenters. The third-order valence-corrected chi connectivity index (χ3v) is 5.28. The maximum atomic E-state index is 14.2. The summed E-state index contributed by atoms with van der Waals surface area (Å²) in [5, 5.41) is 11.9. The molecule has 0 bridgehead atoms. The number of nitrogens with one attached hydrogen (secondary N) is 1. The summed E-state index contributed by atoms with van der Waals surface area (Å²) in [6.07, 6.45) is 1.50. The van der Waals surface area contributed by atoms with E-state index in [-0.39, 0.29) is 16.3 Å². The van der Waals surface area contributed by atoms with Gasteiger partial charge in [0.25, 0.3) is 0 Å². The van der Waals surface area contributed by atoms with Crippen LogP contribution in [0.4, 0.5) is 10.1 Å². The summed E-state index contributed by atoms with van der Waals surface area (Å²) in [7, 11) is 1.75. The van der Waals surface area contributed by atoms with Gasteiger partial charge in [0.1, 0.15) is 17.3 Å². The molecular weight excluding hydrogens is 417 g/mol. The van der Waals surface area contributed by atoms with Gasteiger partial charge < -0.3 is 14.8 Å². The number of ether oxygens (including phenoxy) is 2. The molecule has 1 heterocycles. The van der Waals surface area contributed by atoms with Crippen LogP contribution in [0, 0.1) is 5.82 Å². The fourth-order valence-corrected chi connectivity index (χ4v) is 3.50. The molecule has 152 valence electrons. The molecule has 0 aliphatic rings. The Balaban J connectivity index is 1.95. The number of rotatable bonds is 7. The lowest BCUT2D eigenvalue weighted by Gasteiger charge is -2.14. The Kier molecular flexibility index (Phi) is 6.66. The van der Waals surface area contributed by atoms with Crippen LogP contribution in [0.15, 0.2) is 47.5 Å². The van der Waals surface area contributed by atoms with Gasteiger partial charge in [-0.3, -0.25) is 4.21 Å². The van der Waals surface area contributed by atoms with Crippen LogP contribution in [0.1, 0.15) is 5.56 Å². The molecule has 3 aromatic rings. The Morgan fingerprint density at radius 2 is 1.90 bits per heavy atom. The SMILES string of the molecule is COc1ccc(CNc2cc(-c3cc(Cl)ccc3F)nnc2S(C)=O)c(OC)c1. The number of nitrogens with zero attached hydrogens (tertiary/aromatic N) is 2. The van der Waals surface area contributed by atoms with Gasteiger partial charge in [0.15, 0.2) is 5.03 Å². The van der Waals surface area contributed by atoms with Crippen molar-refractivity contribution in [1.29, 1.82) is 0 Å². The minimum absolute atomic E-state index is 0.212. The van der Waals surface area contributed by atoms with Crippen LogP contribution in [0.2, 0.25) is 5.02 Å². The summed E-state index contributed by atoms with van der Waals surface area (Å²) in [6, 6.07) is 11.2. The fraction of sp³-hybridized carbons (Fsp3) is 0.200. The van der Waals surface area contributed by atoms with Crippen molar-refractivity contribution < 1.29 is 18.1 Å².